The van der Waals surface area contributed by atoms with Gasteiger partial charge in [-0.2, -0.15) is 0 Å². The number of para-hydroxylation sites is 1. The number of rotatable bonds is 1. The van der Waals surface area contributed by atoms with E-state index in [1.807, 2.05) is 6.07 Å². The first-order valence-electron chi connectivity index (χ1n) is 11.1. The van der Waals surface area contributed by atoms with E-state index < -0.39 is 0 Å². The Morgan fingerprint density at radius 1 is 0.893 bits per heavy atom. The van der Waals surface area contributed by atoms with Crippen molar-refractivity contribution in [3.8, 4) is 0 Å². The van der Waals surface area contributed by atoms with Crippen LogP contribution in [0.15, 0.2) is 30.3 Å². The molecule has 1 aromatic carbocycles. The molecule has 0 saturated carbocycles. The molecule has 7 atom stereocenters. The Morgan fingerprint density at radius 2 is 1.75 bits per heavy atom. The second-order valence-corrected chi connectivity index (χ2v) is 9.24. The molecule has 6 rings (SSSR count). The van der Waals surface area contributed by atoms with E-state index in [1.54, 1.807) is 0 Å². The number of nitrogens with zero attached hydrogens (tertiary/aromatic N) is 2. The van der Waals surface area contributed by atoms with E-state index in [2.05, 4.69) is 50.0 Å². The third-order valence-electron chi connectivity index (χ3n) is 8.01. The summed E-state index contributed by atoms with van der Waals surface area (Å²) in [5.41, 5.74) is 1.07. The second-order valence-electron chi connectivity index (χ2n) is 9.24. The molecule has 3 N–H and O–H groups in total. The van der Waals surface area contributed by atoms with E-state index in [0.29, 0.717) is 36.0 Å². The molecule has 6 nitrogen and oxygen atoms in total. The number of piperidine rings is 3. The second kappa shape index (κ2) is 6.80. The molecule has 1 amide bonds. The lowest BCUT2D eigenvalue weighted by molar-refractivity contribution is -0.125. The summed E-state index contributed by atoms with van der Waals surface area (Å²) in [6.07, 6.45) is 3.96. The Balaban J connectivity index is 1.49. The smallest absolute Gasteiger partial charge is 0.232 e. The third kappa shape index (κ3) is 2.45. The fourth-order valence-corrected chi connectivity index (χ4v) is 6.97. The lowest BCUT2D eigenvalue weighted by atomic mass is 9.79. The Morgan fingerprint density at radius 3 is 2.64 bits per heavy atom. The zero-order valence-corrected chi connectivity index (χ0v) is 16.4. The van der Waals surface area contributed by atoms with E-state index in [4.69, 9.17) is 0 Å². The van der Waals surface area contributed by atoms with Crippen molar-refractivity contribution in [2.24, 2.45) is 17.8 Å². The molecule has 6 heteroatoms. The number of carbonyl (C=O) groups excluding carboxylic acids is 1. The quantitative estimate of drug-likeness (QED) is 0.666. The summed E-state index contributed by atoms with van der Waals surface area (Å²) in [5.74, 6) is 1.75. The molecule has 5 fully saturated rings. The summed E-state index contributed by atoms with van der Waals surface area (Å²) >= 11 is 0. The molecule has 0 aliphatic carbocycles. The van der Waals surface area contributed by atoms with Crippen molar-refractivity contribution in [3.05, 3.63) is 30.3 Å². The molecular formula is C22H31N5O. The minimum Gasteiger partial charge on any atom is -0.315 e. The van der Waals surface area contributed by atoms with Gasteiger partial charge in [0, 0.05) is 30.9 Å². The highest BCUT2D eigenvalue weighted by Gasteiger charge is 2.60. The van der Waals surface area contributed by atoms with Gasteiger partial charge in [-0.1, -0.05) is 18.2 Å². The molecule has 0 aromatic heterocycles. The van der Waals surface area contributed by atoms with Gasteiger partial charge in [-0.05, 0) is 62.9 Å². The summed E-state index contributed by atoms with van der Waals surface area (Å²) in [7, 11) is 0. The number of fused-ring (bicyclic) bond motifs is 5. The Bertz CT molecular complexity index is 742. The van der Waals surface area contributed by atoms with Gasteiger partial charge in [-0.3, -0.25) is 9.69 Å². The molecular weight excluding hydrogens is 350 g/mol. The number of nitrogens with one attached hydrogen (secondary N) is 3. The molecule has 1 aromatic rings. The first-order valence-corrected chi connectivity index (χ1v) is 11.1. The van der Waals surface area contributed by atoms with Crippen LogP contribution >= 0.6 is 0 Å². The number of hydrogen-bond acceptors (Lipinski definition) is 5. The Labute approximate surface area is 167 Å². The summed E-state index contributed by atoms with van der Waals surface area (Å²) in [4.78, 5) is 18.9. The molecule has 5 saturated heterocycles. The minimum atomic E-state index is 0.0928. The number of carbonyl (C=O) groups is 1. The van der Waals surface area contributed by atoms with E-state index in [1.165, 1.54) is 12.8 Å². The molecule has 5 aliphatic rings. The van der Waals surface area contributed by atoms with Crippen LogP contribution in [0.4, 0.5) is 5.69 Å². The van der Waals surface area contributed by atoms with Gasteiger partial charge in [-0.15, -0.1) is 0 Å². The van der Waals surface area contributed by atoms with Crippen LogP contribution in [0.1, 0.15) is 19.3 Å². The highest BCUT2D eigenvalue weighted by molar-refractivity contribution is 5.97. The topological polar surface area (TPSA) is 59.6 Å². The zero-order valence-electron chi connectivity index (χ0n) is 16.4. The molecule has 0 radical (unpaired) electrons. The van der Waals surface area contributed by atoms with Crippen molar-refractivity contribution in [1.29, 1.82) is 0 Å². The monoisotopic (exact) mass is 381 g/mol. The first kappa shape index (κ1) is 17.4. The van der Waals surface area contributed by atoms with Crippen molar-refractivity contribution in [2.45, 2.75) is 43.6 Å². The summed E-state index contributed by atoms with van der Waals surface area (Å²) in [6.45, 7) is 4.97. The molecule has 7 unspecified atom stereocenters. The minimum absolute atomic E-state index is 0.0928. The van der Waals surface area contributed by atoms with Crippen LogP contribution in [0.5, 0.6) is 0 Å². The van der Waals surface area contributed by atoms with Crippen LogP contribution in [0.2, 0.25) is 0 Å². The SMILES string of the molecule is O=C1C2CCNCC2N2C3NCCCC3C3CNCC(C32)N1c1ccccc1. The van der Waals surface area contributed by atoms with Crippen molar-refractivity contribution < 1.29 is 4.79 Å². The van der Waals surface area contributed by atoms with Gasteiger partial charge in [0.1, 0.15) is 0 Å². The molecule has 5 aliphatic heterocycles. The number of amides is 1. The van der Waals surface area contributed by atoms with Gasteiger partial charge in [0.25, 0.3) is 0 Å². The maximum Gasteiger partial charge on any atom is 0.232 e. The maximum absolute atomic E-state index is 13.9. The third-order valence-corrected chi connectivity index (χ3v) is 8.01. The van der Waals surface area contributed by atoms with Gasteiger partial charge in [-0.25, -0.2) is 0 Å². The lowest BCUT2D eigenvalue weighted by Crippen LogP contribution is -2.63. The van der Waals surface area contributed by atoms with Gasteiger partial charge >= 0.3 is 0 Å². The number of benzene rings is 1. The van der Waals surface area contributed by atoms with Crippen molar-refractivity contribution in [3.63, 3.8) is 0 Å². The fourth-order valence-electron chi connectivity index (χ4n) is 6.97. The summed E-state index contributed by atoms with van der Waals surface area (Å²) < 4.78 is 0. The van der Waals surface area contributed by atoms with Crippen LogP contribution in [0.3, 0.4) is 0 Å². The van der Waals surface area contributed by atoms with E-state index >= 15 is 0 Å². The van der Waals surface area contributed by atoms with Gasteiger partial charge in [0.2, 0.25) is 5.91 Å². The summed E-state index contributed by atoms with van der Waals surface area (Å²) in [6, 6.07) is 11.4. The fraction of sp³-hybridized carbons (Fsp3) is 0.682. The molecule has 0 spiro atoms. The van der Waals surface area contributed by atoms with Gasteiger partial charge in [0.15, 0.2) is 0 Å². The predicted octanol–water partition coefficient (Wildman–Crippen LogP) is 0.609. The largest absolute Gasteiger partial charge is 0.315 e. The van der Waals surface area contributed by atoms with Crippen LogP contribution < -0.4 is 20.9 Å². The number of anilines is 1. The normalized spacial score (nSPS) is 43.1. The summed E-state index contributed by atoms with van der Waals surface area (Å²) in [5, 5.41) is 11.2. The lowest BCUT2D eigenvalue weighted by Gasteiger charge is -2.44. The van der Waals surface area contributed by atoms with Gasteiger partial charge < -0.3 is 20.9 Å². The highest BCUT2D eigenvalue weighted by Crippen LogP contribution is 2.47. The first-order chi connectivity index (χ1) is 13.8. The van der Waals surface area contributed by atoms with E-state index in [9.17, 15) is 4.79 Å². The average molecular weight is 382 g/mol. The Hall–Kier alpha value is -1.47. The molecule has 150 valence electrons. The molecule has 0 bridgehead atoms. The maximum atomic E-state index is 13.9. The predicted molar refractivity (Wildman–Crippen MR) is 109 cm³/mol. The average Bonchev–Trinajstić information content (AvgIpc) is 3.04. The Kier molecular flexibility index (Phi) is 4.22. The van der Waals surface area contributed by atoms with Crippen LogP contribution in [-0.2, 0) is 4.79 Å². The van der Waals surface area contributed by atoms with Crippen molar-refractivity contribution in [2.75, 3.05) is 37.6 Å². The van der Waals surface area contributed by atoms with Crippen LogP contribution in [0.25, 0.3) is 0 Å². The standard InChI is InChI=1S/C22H31N5O/c28-22-16-8-10-23-12-18(16)27-20-17(15-7-4-9-25-21(15)27)11-24-13-19(20)26(22)14-5-2-1-3-6-14/h1-3,5-6,15-21,23-25H,4,7-13H2. The highest BCUT2D eigenvalue weighted by atomic mass is 16.2. The van der Waals surface area contributed by atoms with E-state index in [-0.39, 0.29) is 12.0 Å². The molecule has 28 heavy (non-hydrogen) atoms. The zero-order chi connectivity index (χ0) is 18.7. The van der Waals surface area contributed by atoms with E-state index in [0.717, 1.165) is 44.8 Å². The molecule has 5 heterocycles. The van der Waals surface area contributed by atoms with Crippen molar-refractivity contribution in [1.82, 2.24) is 20.9 Å². The van der Waals surface area contributed by atoms with Gasteiger partial charge in [0.05, 0.1) is 18.1 Å². The van der Waals surface area contributed by atoms with Crippen molar-refractivity contribution >= 4 is 11.6 Å². The number of hydrogen-bond donors (Lipinski definition) is 3. The van der Waals surface area contributed by atoms with Crippen LogP contribution in [0, 0.1) is 17.8 Å². The van der Waals surface area contributed by atoms with Crippen LogP contribution in [-0.4, -0.2) is 67.8 Å².